The van der Waals surface area contributed by atoms with Gasteiger partial charge in [-0.3, -0.25) is 4.79 Å². The number of rotatable bonds is 6. The van der Waals surface area contributed by atoms with Gasteiger partial charge in [0, 0.05) is 0 Å². The average molecular weight is 250 g/mol. The molecule has 0 spiro atoms. The molecule has 0 aromatic heterocycles. The maximum Gasteiger partial charge on any atom is 0.237 e. The first-order chi connectivity index (χ1) is 8.53. The van der Waals surface area contributed by atoms with Crippen LogP contribution in [0.2, 0.25) is 0 Å². The van der Waals surface area contributed by atoms with Gasteiger partial charge in [-0.2, -0.15) is 0 Å². The molecule has 4 N–H and O–H groups in total. The third-order valence-electron chi connectivity index (χ3n) is 3.06. The summed E-state index contributed by atoms with van der Waals surface area (Å²) in [4.78, 5) is 11.9. The number of aliphatic hydroxyl groups is 1. The van der Waals surface area contributed by atoms with Gasteiger partial charge in [0.25, 0.3) is 0 Å². The van der Waals surface area contributed by atoms with E-state index in [-0.39, 0.29) is 12.5 Å². The summed E-state index contributed by atoms with van der Waals surface area (Å²) in [5, 5.41) is 12.4. The third-order valence-corrected chi connectivity index (χ3v) is 3.06. The molecular weight excluding hydrogens is 228 g/mol. The lowest BCUT2D eigenvalue weighted by atomic mass is 9.92. The Morgan fingerprint density at radius 2 is 2.06 bits per heavy atom. The van der Waals surface area contributed by atoms with E-state index in [0.717, 1.165) is 12.0 Å². The van der Waals surface area contributed by atoms with Crippen LogP contribution in [-0.4, -0.2) is 23.7 Å². The highest BCUT2D eigenvalue weighted by molar-refractivity contribution is 5.82. The molecule has 100 valence electrons. The molecule has 0 saturated carbocycles. The van der Waals surface area contributed by atoms with Gasteiger partial charge < -0.3 is 16.2 Å². The maximum absolute atomic E-state index is 11.9. The van der Waals surface area contributed by atoms with Crippen molar-refractivity contribution in [1.29, 1.82) is 0 Å². The molecule has 0 saturated heterocycles. The van der Waals surface area contributed by atoms with E-state index in [0.29, 0.717) is 6.42 Å². The topological polar surface area (TPSA) is 75.4 Å². The van der Waals surface area contributed by atoms with Crippen molar-refractivity contribution in [3.05, 3.63) is 35.9 Å². The number of carbonyl (C=O) groups is 1. The van der Waals surface area contributed by atoms with E-state index >= 15 is 0 Å². The Bertz CT molecular complexity index is 381. The second kappa shape index (κ2) is 6.52. The van der Waals surface area contributed by atoms with E-state index in [4.69, 9.17) is 5.73 Å². The van der Waals surface area contributed by atoms with Crippen molar-refractivity contribution in [3.63, 3.8) is 0 Å². The second-order valence-electron chi connectivity index (χ2n) is 4.74. The Hall–Kier alpha value is -1.39. The highest BCUT2D eigenvalue weighted by Crippen LogP contribution is 2.19. The van der Waals surface area contributed by atoms with Gasteiger partial charge in [-0.05, 0) is 18.9 Å². The summed E-state index contributed by atoms with van der Waals surface area (Å²) in [5.74, 6) is -0.225. The van der Waals surface area contributed by atoms with Gasteiger partial charge in [0.1, 0.15) is 0 Å². The molecule has 0 aliphatic carbocycles. The number of amides is 1. The van der Waals surface area contributed by atoms with E-state index in [1.807, 2.05) is 37.3 Å². The highest BCUT2D eigenvalue weighted by atomic mass is 16.3. The zero-order valence-electron chi connectivity index (χ0n) is 11.0. The van der Waals surface area contributed by atoms with Crippen molar-refractivity contribution in [2.45, 2.75) is 38.3 Å². The fourth-order valence-electron chi connectivity index (χ4n) is 1.82. The summed E-state index contributed by atoms with van der Waals surface area (Å²) in [6.07, 6.45) is 1.50. The van der Waals surface area contributed by atoms with Gasteiger partial charge in [-0.15, -0.1) is 0 Å². The van der Waals surface area contributed by atoms with E-state index in [1.165, 1.54) is 0 Å². The molecule has 0 bridgehead atoms. The van der Waals surface area contributed by atoms with Crippen molar-refractivity contribution in [2.75, 3.05) is 6.61 Å². The summed E-state index contributed by atoms with van der Waals surface area (Å²) in [5.41, 5.74) is 5.85. The zero-order valence-corrected chi connectivity index (χ0v) is 11.0. The molecule has 0 radical (unpaired) electrons. The molecule has 1 rings (SSSR count). The first-order valence-electron chi connectivity index (χ1n) is 6.27. The number of hydrogen-bond acceptors (Lipinski definition) is 3. The van der Waals surface area contributed by atoms with Crippen molar-refractivity contribution < 1.29 is 9.90 Å². The van der Waals surface area contributed by atoms with Crippen LogP contribution in [0.5, 0.6) is 0 Å². The maximum atomic E-state index is 11.9. The van der Waals surface area contributed by atoms with Gasteiger partial charge >= 0.3 is 0 Å². The number of carbonyl (C=O) groups excluding carboxylic acids is 1. The third kappa shape index (κ3) is 3.55. The van der Waals surface area contributed by atoms with Crippen LogP contribution in [0.25, 0.3) is 0 Å². The zero-order chi connectivity index (χ0) is 13.6. The standard InChI is InChI=1S/C14H22N2O2/c1-3-7-12(15)13(18)16-14(2,10-17)11-8-5-4-6-9-11/h4-6,8-9,12,17H,3,7,10,15H2,1-2H3,(H,16,18)/t12-,14?/m1/s1. The van der Waals surface area contributed by atoms with Crippen LogP contribution < -0.4 is 11.1 Å². The summed E-state index contributed by atoms with van der Waals surface area (Å²) in [6.45, 7) is 3.61. The number of nitrogens with one attached hydrogen (secondary N) is 1. The van der Waals surface area contributed by atoms with Crippen molar-refractivity contribution >= 4 is 5.91 Å². The van der Waals surface area contributed by atoms with E-state index in [1.54, 1.807) is 6.92 Å². The molecule has 0 heterocycles. The smallest absolute Gasteiger partial charge is 0.237 e. The Balaban J connectivity index is 2.81. The van der Waals surface area contributed by atoms with E-state index in [9.17, 15) is 9.90 Å². The number of nitrogens with two attached hydrogens (primary N) is 1. The molecule has 0 fully saturated rings. The predicted octanol–water partition coefficient (Wildman–Crippen LogP) is 1.14. The number of aliphatic hydroxyl groups excluding tert-OH is 1. The minimum atomic E-state index is -0.788. The van der Waals surface area contributed by atoms with Crippen molar-refractivity contribution in [3.8, 4) is 0 Å². The first-order valence-corrected chi connectivity index (χ1v) is 6.27. The van der Waals surface area contributed by atoms with Gasteiger partial charge in [-0.25, -0.2) is 0 Å². The Morgan fingerprint density at radius 1 is 1.44 bits per heavy atom. The van der Waals surface area contributed by atoms with E-state index < -0.39 is 11.6 Å². The van der Waals surface area contributed by atoms with Gasteiger partial charge in [0.05, 0.1) is 18.2 Å². The minimum absolute atomic E-state index is 0.165. The van der Waals surface area contributed by atoms with Gasteiger partial charge in [0.2, 0.25) is 5.91 Å². The first kappa shape index (κ1) is 14.7. The van der Waals surface area contributed by atoms with Crippen LogP contribution in [0.15, 0.2) is 30.3 Å². The van der Waals surface area contributed by atoms with E-state index in [2.05, 4.69) is 5.32 Å². The quantitative estimate of drug-likeness (QED) is 0.708. The van der Waals surface area contributed by atoms with Crippen LogP contribution in [0.3, 0.4) is 0 Å². The van der Waals surface area contributed by atoms with Gasteiger partial charge in [0.15, 0.2) is 0 Å². The second-order valence-corrected chi connectivity index (χ2v) is 4.74. The fraction of sp³-hybridized carbons (Fsp3) is 0.500. The van der Waals surface area contributed by atoms with Crippen LogP contribution in [0, 0.1) is 0 Å². The molecule has 0 aliphatic rings. The fourth-order valence-corrected chi connectivity index (χ4v) is 1.82. The Morgan fingerprint density at radius 3 is 2.56 bits per heavy atom. The largest absolute Gasteiger partial charge is 0.394 e. The number of hydrogen-bond donors (Lipinski definition) is 3. The minimum Gasteiger partial charge on any atom is -0.394 e. The lowest BCUT2D eigenvalue weighted by Crippen LogP contribution is -2.52. The molecular formula is C14H22N2O2. The highest BCUT2D eigenvalue weighted by Gasteiger charge is 2.29. The molecule has 1 aromatic rings. The van der Waals surface area contributed by atoms with Crippen LogP contribution in [0.1, 0.15) is 32.3 Å². The van der Waals surface area contributed by atoms with Crippen molar-refractivity contribution in [1.82, 2.24) is 5.32 Å². The van der Waals surface area contributed by atoms with Crippen LogP contribution in [0.4, 0.5) is 0 Å². The van der Waals surface area contributed by atoms with Crippen molar-refractivity contribution in [2.24, 2.45) is 5.73 Å². The van der Waals surface area contributed by atoms with Crippen LogP contribution in [-0.2, 0) is 10.3 Å². The summed E-state index contributed by atoms with van der Waals surface area (Å²) >= 11 is 0. The molecule has 4 heteroatoms. The molecule has 1 aromatic carbocycles. The predicted molar refractivity (Wildman–Crippen MR) is 71.9 cm³/mol. The summed E-state index contributed by atoms with van der Waals surface area (Å²) in [7, 11) is 0. The average Bonchev–Trinajstić information content (AvgIpc) is 2.39. The molecule has 1 amide bonds. The lowest BCUT2D eigenvalue weighted by Gasteiger charge is -2.30. The Labute approximate surface area is 108 Å². The van der Waals surface area contributed by atoms with Gasteiger partial charge in [-0.1, -0.05) is 43.7 Å². The normalized spacial score (nSPS) is 15.8. The molecule has 2 atom stereocenters. The number of benzene rings is 1. The van der Waals surface area contributed by atoms with Crippen LogP contribution >= 0.6 is 0 Å². The SMILES string of the molecule is CCC[C@@H](N)C(=O)NC(C)(CO)c1ccccc1. The summed E-state index contributed by atoms with van der Waals surface area (Å²) < 4.78 is 0. The lowest BCUT2D eigenvalue weighted by molar-refractivity contribution is -0.125. The molecule has 0 aliphatic heterocycles. The molecule has 1 unspecified atom stereocenters. The molecule has 18 heavy (non-hydrogen) atoms. The Kier molecular flexibility index (Phi) is 5.31. The monoisotopic (exact) mass is 250 g/mol. The summed E-state index contributed by atoms with van der Waals surface area (Å²) in [6, 6.07) is 8.88. The molecule has 4 nitrogen and oxygen atoms in total.